The number of carbonyl (C=O) groups excluding carboxylic acids is 1. The van der Waals surface area contributed by atoms with Gasteiger partial charge in [0.05, 0.1) is 0 Å². The second-order valence-corrected chi connectivity index (χ2v) is 6.88. The molecule has 0 saturated carbocycles. The van der Waals surface area contributed by atoms with E-state index < -0.39 is 0 Å². The number of unbranched alkanes of at least 4 members (excludes halogenated alkanes) is 1. The Morgan fingerprint density at radius 3 is 2.35 bits per heavy atom. The molecule has 0 atom stereocenters. The average Bonchev–Trinajstić information content (AvgIpc) is 2.65. The van der Waals surface area contributed by atoms with Crippen LogP contribution < -0.4 is 0 Å². The Morgan fingerprint density at radius 1 is 1.00 bits per heavy atom. The Balaban J connectivity index is 2.44. The summed E-state index contributed by atoms with van der Waals surface area (Å²) >= 11 is 0. The van der Waals surface area contributed by atoms with Crippen molar-refractivity contribution in [2.45, 2.75) is 53.4 Å². The van der Waals surface area contributed by atoms with E-state index in [9.17, 15) is 4.79 Å². The number of benzene rings is 2. The minimum absolute atomic E-state index is 0.785. The Labute approximate surface area is 158 Å². The lowest BCUT2D eigenvalue weighted by molar-refractivity contribution is -0.103. The predicted molar refractivity (Wildman–Crippen MR) is 114 cm³/mol. The zero-order valence-corrected chi connectivity index (χ0v) is 16.5. The molecule has 0 aliphatic heterocycles. The van der Waals surface area contributed by atoms with E-state index >= 15 is 0 Å². The van der Waals surface area contributed by atoms with Gasteiger partial charge >= 0.3 is 0 Å². The van der Waals surface area contributed by atoms with E-state index in [0.29, 0.717) is 0 Å². The van der Waals surface area contributed by atoms with Crippen LogP contribution in [0.5, 0.6) is 0 Å². The summed E-state index contributed by atoms with van der Waals surface area (Å²) in [5, 5.41) is 0. The van der Waals surface area contributed by atoms with Gasteiger partial charge in [-0.05, 0) is 60.1 Å². The van der Waals surface area contributed by atoms with Crippen LogP contribution in [0.4, 0.5) is 0 Å². The molecule has 0 aromatic heterocycles. The monoisotopic (exact) mass is 346 g/mol. The van der Waals surface area contributed by atoms with E-state index in [1.54, 1.807) is 0 Å². The quantitative estimate of drug-likeness (QED) is 0.289. The summed E-state index contributed by atoms with van der Waals surface area (Å²) in [6.07, 6.45) is 9.49. The van der Waals surface area contributed by atoms with Crippen LogP contribution in [0.3, 0.4) is 0 Å². The number of hydrogen-bond acceptors (Lipinski definition) is 1. The molecule has 1 nitrogen and oxygen atoms in total. The zero-order chi connectivity index (χ0) is 18.9. The SMILES string of the molecule is CCC/C=C(\C=O)c1cccc(C)c1/C=C(\C)c1ccc(CCC)cc1. The van der Waals surface area contributed by atoms with Crippen molar-refractivity contribution in [2.24, 2.45) is 0 Å². The van der Waals surface area contributed by atoms with E-state index in [2.05, 4.69) is 64.1 Å². The maximum atomic E-state index is 11.6. The van der Waals surface area contributed by atoms with Crippen LogP contribution in [0, 0.1) is 6.92 Å². The number of carbonyl (C=O) groups is 1. The van der Waals surface area contributed by atoms with Gasteiger partial charge in [0, 0.05) is 5.57 Å². The van der Waals surface area contributed by atoms with Gasteiger partial charge in [0.2, 0.25) is 0 Å². The summed E-state index contributed by atoms with van der Waals surface area (Å²) in [5.74, 6) is 0. The van der Waals surface area contributed by atoms with E-state index in [1.165, 1.54) is 28.7 Å². The molecule has 0 aliphatic carbocycles. The fourth-order valence-electron chi connectivity index (χ4n) is 3.17. The number of allylic oxidation sites excluding steroid dienone is 3. The van der Waals surface area contributed by atoms with Gasteiger partial charge in [-0.1, -0.05) is 81.3 Å². The molecule has 0 fully saturated rings. The smallest absolute Gasteiger partial charge is 0.150 e. The first-order valence-corrected chi connectivity index (χ1v) is 9.63. The minimum atomic E-state index is 0.785. The lowest BCUT2D eigenvalue weighted by Gasteiger charge is -2.11. The number of aryl methyl sites for hydroxylation is 2. The van der Waals surface area contributed by atoms with Crippen LogP contribution in [-0.4, -0.2) is 6.29 Å². The topological polar surface area (TPSA) is 17.1 Å². The van der Waals surface area contributed by atoms with E-state index in [0.717, 1.165) is 42.2 Å². The van der Waals surface area contributed by atoms with Crippen LogP contribution in [0.2, 0.25) is 0 Å². The van der Waals surface area contributed by atoms with Gasteiger partial charge in [0.15, 0.2) is 0 Å². The summed E-state index contributed by atoms with van der Waals surface area (Å²) in [6.45, 7) is 8.58. The predicted octanol–water partition coefficient (Wildman–Crippen LogP) is 6.89. The molecule has 2 aromatic carbocycles. The zero-order valence-electron chi connectivity index (χ0n) is 16.5. The van der Waals surface area contributed by atoms with Gasteiger partial charge in [-0.2, -0.15) is 0 Å². The summed E-state index contributed by atoms with van der Waals surface area (Å²) < 4.78 is 0. The first-order valence-electron chi connectivity index (χ1n) is 9.63. The summed E-state index contributed by atoms with van der Waals surface area (Å²) in [4.78, 5) is 11.6. The van der Waals surface area contributed by atoms with Crippen molar-refractivity contribution < 1.29 is 4.79 Å². The third-order valence-corrected chi connectivity index (χ3v) is 4.72. The van der Waals surface area contributed by atoms with Gasteiger partial charge < -0.3 is 0 Å². The van der Waals surface area contributed by atoms with Crippen molar-refractivity contribution in [2.75, 3.05) is 0 Å². The molecule has 0 spiro atoms. The highest BCUT2D eigenvalue weighted by Gasteiger charge is 2.09. The molecule has 2 aromatic rings. The van der Waals surface area contributed by atoms with Crippen LogP contribution in [0.25, 0.3) is 17.2 Å². The molecule has 26 heavy (non-hydrogen) atoms. The summed E-state index contributed by atoms with van der Waals surface area (Å²) in [7, 11) is 0. The van der Waals surface area contributed by atoms with Crippen LogP contribution >= 0.6 is 0 Å². The fraction of sp³-hybridized carbons (Fsp3) is 0.320. The van der Waals surface area contributed by atoms with Crippen molar-refractivity contribution in [3.8, 4) is 0 Å². The Bertz CT molecular complexity index is 791. The molecule has 0 heterocycles. The molecule has 0 aliphatic rings. The Hall–Kier alpha value is -2.41. The molecule has 0 saturated heterocycles. The van der Waals surface area contributed by atoms with Crippen molar-refractivity contribution in [3.05, 3.63) is 76.4 Å². The van der Waals surface area contributed by atoms with Crippen LogP contribution in [0.15, 0.2) is 48.5 Å². The van der Waals surface area contributed by atoms with Gasteiger partial charge in [-0.25, -0.2) is 0 Å². The number of aldehydes is 1. The Kier molecular flexibility index (Phi) is 7.59. The van der Waals surface area contributed by atoms with Crippen molar-refractivity contribution in [1.82, 2.24) is 0 Å². The number of hydrogen-bond donors (Lipinski definition) is 0. The highest BCUT2D eigenvalue weighted by molar-refractivity contribution is 6.09. The maximum absolute atomic E-state index is 11.6. The van der Waals surface area contributed by atoms with Gasteiger partial charge in [0.1, 0.15) is 6.29 Å². The van der Waals surface area contributed by atoms with E-state index in [4.69, 9.17) is 0 Å². The molecule has 0 unspecified atom stereocenters. The lowest BCUT2D eigenvalue weighted by Crippen LogP contribution is -1.94. The Morgan fingerprint density at radius 2 is 1.73 bits per heavy atom. The second kappa shape index (κ2) is 9.91. The molecular weight excluding hydrogens is 316 g/mol. The molecule has 0 radical (unpaired) electrons. The average molecular weight is 347 g/mol. The van der Waals surface area contributed by atoms with Crippen LogP contribution in [-0.2, 0) is 11.2 Å². The first kappa shape index (κ1) is 19.9. The van der Waals surface area contributed by atoms with Crippen molar-refractivity contribution >= 4 is 23.5 Å². The van der Waals surface area contributed by atoms with E-state index in [1.807, 2.05) is 18.2 Å². The molecular formula is C25H30O. The summed E-state index contributed by atoms with van der Waals surface area (Å²) in [6, 6.07) is 15.0. The molecule has 0 bridgehead atoms. The summed E-state index contributed by atoms with van der Waals surface area (Å²) in [5.41, 5.74) is 7.95. The van der Waals surface area contributed by atoms with Crippen LogP contribution in [0.1, 0.15) is 67.9 Å². The third-order valence-electron chi connectivity index (χ3n) is 4.72. The molecule has 0 N–H and O–H groups in total. The molecule has 0 amide bonds. The molecule has 2 rings (SSSR count). The third kappa shape index (κ3) is 5.05. The standard InChI is InChI=1S/C25H30O/c1-5-7-11-23(18-26)24-12-8-10-19(3)25(24)17-20(4)22-15-13-21(9-6-2)14-16-22/h8,10-18H,5-7,9H2,1-4H3/b20-17+,23-11+. The largest absolute Gasteiger partial charge is 0.298 e. The van der Waals surface area contributed by atoms with Gasteiger partial charge in [-0.15, -0.1) is 0 Å². The highest BCUT2D eigenvalue weighted by atomic mass is 16.1. The maximum Gasteiger partial charge on any atom is 0.150 e. The van der Waals surface area contributed by atoms with E-state index in [-0.39, 0.29) is 0 Å². The second-order valence-electron chi connectivity index (χ2n) is 6.88. The van der Waals surface area contributed by atoms with Gasteiger partial charge in [-0.3, -0.25) is 4.79 Å². The lowest BCUT2D eigenvalue weighted by atomic mass is 9.93. The first-order chi connectivity index (χ1) is 12.6. The van der Waals surface area contributed by atoms with Gasteiger partial charge in [0.25, 0.3) is 0 Å². The van der Waals surface area contributed by atoms with Crippen molar-refractivity contribution in [1.29, 1.82) is 0 Å². The minimum Gasteiger partial charge on any atom is -0.298 e. The fourth-order valence-corrected chi connectivity index (χ4v) is 3.17. The molecule has 136 valence electrons. The number of rotatable bonds is 8. The van der Waals surface area contributed by atoms with Crippen molar-refractivity contribution in [3.63, 3.8) is 0 Å². The highest BCUT2D eigenvalue weighted by Crippen LogP contribution is 2.27. The molecule has 1 heteroatoms. The normalized spacial score (nSPS) is 12.3.